The molecular formula is C10H12Cl2F3N. The molecule has 92 valence electrons. The second-order valence-corrected chi connectivity index (χ2v) is 3.66. The zero-order valence-electron chi connectivity index (χ0n) is 8.51. The maximum absolute atomic E-state index is 12.3. The van der Waals surface area contributed by atoms with Gasteiger partial charge in [0.1, 0.15) is 0 Å². The predicted molar refractivity (Wildman–Crippen MR) is 60.9 cm³/mol. The molecule has 0 unspecified atom stereocenters. The fourth-order valence-electron chi connectivity index (χ4n) is 1.23. The summed E-state index contributed by atoms with van der Waals surface area (Å²) in [4.78, 5) is 0. The highest BCUT2D eigenvalue weighted by atomic mass is 35.5. The zero-order valence-corrected chi connectivity index (χ0v) is 10.1. The largest absolute Gasteiger partial charge is 0.417 e. The third-order valence-corrected chi connectivity index (χ3v) is 2.48. The van der Waals surface area contributed by atoms with Gasteiger partial charge < -0.3 is 5.73 Å². The van der Waals surface area contributed by atoms with E-state index in [1.54, 1.807) is 0 Å². The normalized spacial score (nSPS) is 13.1. The lowest BCUT2D eigenvalue weighted by Gasteiger charge is -2.13. The van der Waals surface area contributed by atoms with Gasteiger partial charge in [0.15, 0.2) is 0 Å². The minimum Gasteiger partial charge on any atom is -0.324 e. The molecule has 2 N–H and O–H groups in total. The Morgan fingerprint density at radius 3 is 2.31 bits per heavy atom. The molecule has 0 aliphatic heterocycles. The Bertz CT molecular complexity index is 352. The van der Waals surface area contributed by atoms with Gasteiger partial charge in [0, 0.05) is 6.04 Å². The van der Waals surface area contributed by atoms with Crippen molar-refractivity contribution in [2.45, 2.75) is 25.6 Å². The van der Waals surface area contributed by atoms with Crippen molar-refractivity contribution >= 4 is 24.0 Å². The molecule has 1 atom stereocenters. The topological polar surface area (TPSA) is 26.0 Å². The van der Waals surface area contributed by atoms with Crippen LogP contribution in [0.3, 0.4) is 0 Å². The molecule has 6 heteroatoms. The molecule has 0 bridgehead atoms. The van der Waals surface area contributed by atoms with E-state index in [2.05, 4.69) is 0 Å². The van der Waals surface area contributed by atoms with Crippen molar-refractivity contribution in [2.24, 2.45) is 5.73 Å². The summed E-state index contributed by atoms with van der Waals surface area (Å²) in [6.45, 7) is 1.86. The second-order valence-electron chi connectivity index (χ2n) is 3.25. The van der Waals surface area contributed by atoms with Crippen LogP contribution in [0.5, 0.6) is 0 Å². The Kier molecular flexibility index (Phi) is 5.59. The summed E-state index contributed by atoms with van der Waals surface area (Å²) < 4.78 is 37.0. The van der Waals surface area contributed by atoms with Crippen molar-refractivity contribution in [3.8, 4) is 0 Å². The van der Waals surface area contributed by atoms with Gasteiger partial charge in [0.05, 0.1) is 10.6 Å². The van der Waals surface area contributed by atoms with Gasteiger partial charge in [-0.15, -0.1) is 12.4 Å². The van der Waals surface area contributed by atoms with E-state index < -0.39 is 11.7 Å². The first-order valence-electron chi connectivity index (χ1n) is 4.48. The highest BCUT2D eigenvalue weighted by Crippen LogP contribution is 2.35. The van der Waals surface area contributed by atoms with Crippen molar-refractivity contribution in [1.82, 2.24) is 0 Å². The summed E-state index contributed by atoms with van der Waals surface area (Å²) >= 11 is 5.54. The first-order chi connectivity index (χ1) is 6.86. The van der Waals surface area contributed by atoms with Crippen LogP contribution in [0.1, 0.15) is 30.5 Å². The number of hydrogen-bond donors (Lipinski definition) is 1. The van der Waals surface area contributed by atoms with Gasteiger partial charge in [-0.05, 0) is 24.1 Å². The minimum atomic E-state index is -4.41. The maximum atomic E-state index is 12.3. The van der Waals surface area contributed by atoms with Crippen LogP contribution < -0.4 is 5.73 Å². The minimum absolute atomic E-state index is 0. The second kappa shape index (κ2) is 5.75. The van der Waals surface area contributed by atoms with Gasteiger partial charge in [0.25, 0.3) is 0 Å². The molecule has 1 aromatic carbocycles. The van der Waals surface area contributed by atoms with Crippen LogP contribution in [0.15, 0.2) is 18.2 Å². The molecule has 0 saturated heterocycles. The van der Waals surface area contributed by atoms with Crippen LogP contribution in [-0.2, 0) is 6.18 Å². The van der Waals surface area contributed by atoms with Crippen molar-refractivity contribution in [3.63, 3.8) is 0 Å². The van der Waals surface area contributed by atoms with Gasteiger partial charge in [0.2, 0.25) is 0 Å². The third kappa shape index (κ3) is 3.54. The zero-order chi connectivity index (χ0) is 11.6. The van der Waals surface area contributed by atoms with Gasteiger partial charge >= 0.3 is 6.18 Å². The van der Waals surface area contributed by atoms with Crippen molar-refractivity contribution < 1.29 is 13.2 Å². The fourth-order valence-corrected chi connectivity index (χ4v) is 1.52. The number of nitrogens with two attached hydrogens (primary N) is 1. The Morgan fingerprint density at radius 2 is 1.94 bits per heavy atom. The molecule has 0 amide bonds. The number of hydrogen-bond acceptors (Lipinski definition) is 1. The highest BCUT2D eigenvalue weighted by molar-refractivity contribution is 6.31. The molecule has 0 heterocycles. The van der Waals surface area contributed by atoms with E-state index in [-0.39, 0.29) is 23.5 Å². The van der Waals surface area contributed by atoms with E-state index in [1.165, 1.54) is 12.1 Å². The van der Waals surface area contributed by atoms with E-state index in [1.807, 2.05) is 6.92 Å². The Hall–Kier alpha value is -0.450. The SMILES string of the molecule is CC[C@H](N)c1ccc(C(F)(F)F)c(Cl)c1.Cl. The van der Waals surface area contributed by atoms with Crippen molar-refractivity contribution in [1.29, 1.82) is 0 Å². The van der Waals surface area contributed by atoms with Gasteiger partial charge in [-0.2, -0.15) is 13.2 Å². The lowest BCUT2D eigenvalue weighted by molar-refractivity contribution is -0.137. The van der Waals surface area contributed by atoms with Crippen LogP contribution in [0.4, 0.5) is 13.2 Å². The molecule has 0 aliphatic carbocycles. The Labute approximate surface area is 103 Å². The van der Waals surface area contributed by atoms with Crippen molar-refractivity contribution in [2.75, 3.05) is 0 Å². The van der Waals surface area contributed by atoms with Crippen molar-refractivity contribution in [3.05, 3.63) is 34.3 Å². The molecule has 0 spiro atoms. The molecule has 0 fully saturated rings. The van der Waals surface area contributed by atoms with E-state index in [0.29, 0.717) is 12.0 Å². The quantitative estimate of drug-likeness (QED) is 0.859. The average molecular weight is 274 g/mol. The summed E-state index contributed by atoms with van der Waals surface area (Å²) in [6, 6.07) is 3.33. The molecule has 1 nitrogen and oxygen atoms in total. The van der Waals surface area contributed by atoms with Crippen LogP contribution >= 0.6 is 24.0 Å². The standard InChI is InChI=1S/C10H11ClF3N.ClH/c1-2-9(15)6-3-4-7(8(11)5-6)10(12,13)14;/h3-5,9H,2,15H2,1H3;1H/t9-;/m0./s1. The van der Waals surface area contributed by atoms with Crippen LogP contribution in [0.2, 0.25) is 5.02 Å². The fraction of sp³-hybridized carbons (Fsp3) is 0.400. The third-order valence-electron chi connectivity index (χ3n) is 2.17. The first kappa shape index (κ1) is 15.5. The highest BCUT2D eigenvalue weighted by Gasteiger charge is 2.33. The van der Waals surface area contributed by atoms with Crippen LogP contribution in [-0.4, -0.2) is 0 Å². The van der Waals surface area contributed by atoms with Gasteiger partial charge in [-0.3, -0.25) is 0 Å². The number of alkyl halides is 3. The van der Waals surface area contributed by atoms with Crippen LogP contribution in [0, 0.1) is 0 Å². The Balaban J connectivity index is 0.00000225. The molecule has 0 aromatic heterocycles. The van der Waals surface area contributed by atoms with Gasteiger partial charge in [-0.1, -0.05) is 24.6 Å². The molecule has 0 saturated carbocycles. The average Bonchev–Trinajstić information content (AvgIpc) is 2.14. The summed E-state index contributed by atoms with van der Waals surface area (Å²) in [5.74, 6) is 0. The van der Waals surface area contributed by atoms with E-state index in [4.69, 9.17) is 17.3 Å². The molecule has 1 rings (SSSR count). The summed E-state index contributed by atoms with van der Waals surface area (Å²) in [5.41, 5.74) is 5.48. The molecule has 0 aliphatic rings. The molecule has 1 aromatic rings. The van der Waals surface area contributed by atoms with E-state index in [0.717, 1.165) is 6.07 Å². The summed E-state index contributed by atoms with van der Waals surface area (Å²) in [5, 5.41) is -0.302. The summed E-state index contributed by atoms with van der Waals surface area (Å²) in [6.07, 6.45) is -3.76. The smallest absolute Gasteiger partial charge is 0.324 e. The lowest BCUT2D eigenvalue weighted by Crippen LogP contribution is -2.11. The first-order valence-corrected chi connectivity index (χ1v) is 4.86. The monoisotopic (exact) mass is 273 g/mol. The number of rotatable bonds is 2. The molecular weight excluding hydrogens is 262 g/mol. The molecule has 16 heavy (non-hydrogen) atoms. The van der Waals surface area contributed by atoms with Gasteiger partial charge in [-0.25, -0.2) is 0 Å². The maximum Gasteiger partial charge on any atom is 0.417 e. The Morgan fingerprint density at radius 1 is 1.38 bits per heavy atom. The van der Waals surface area contributed by atoms with E-state index >= 15 is 0 Å². The predicted octanol–water partition coefficient (Wildman–Crippen LogP) is 4.19. The molecule has 0 radical (unpaired) electrons. The van der Waals surface area contributed by atoms with E-state index in [9.17, 15) is 13.2 Å². The number of benzene rings is 1. The number of halogens is 5. The van der Waals surface area contributed by atoms with Crippen LogP contribution in [0.25, 0.3) is 0 Å². The lowest BCUT2D eigenvalue weighted by atomic mass is 10.0. The summed E-state index contributed by atoms with van der Waals surface area (Å²) in [7, 11) is 0.